The SMILES string of the molecule is O=C1C(Cl)=C(Nc2ccc(S(=O)(=O)Nc3nccs3)cc2)C(=O)N1c1cc(Cl)ccc1Cl. The molecule has 0 unspecified atom stereocenters. The van der Waals surface area contributed by atoms with Crippen LogP contribution in [0.2, 0.25) is 10.0 Å². The van der Waals surface area contributed by atoms with Crippen LogP contribution in [0, 0.1) is 0 Å². The summed E-state index contributed by atoms with van der Waals surface area (Å²) in [6, 6.07) is 9.88. The van der Waals surface area contributed by atoms with E-state index in [9.17, 15) is 18.0 Å². The van der Waals surface area contributed by atoms with Gasteiger partial charge in [0.05, 0.1) is 15.6 Å². The highest BCUT2D eigenvalue weighted by atomic mass is 35.5. The molecule has 0 bridgehead atoms. The van der Waals surface area contributed by atoms with E-state index in [4.69, 9.17) is 34.8 Å². The summed E-state index contributed by atoms with van der Waals surface area (Å²) in [6.07, 6.45) is 1.48. The van der Waals surface area contributed by atoms with Gasteiger partial charge in [0.25, 0.3) is 21.8 Å². The second kappa shape index (κ2) is 8.72. The minimum Gasteiger partial charge on any atom is -0.350 e. The number of hydrogen-bond acceptors (Lipinski definition) is 7. The van der Waals surface area contributed by atoms with Crippen molar-refractivity contribution >= 4 is 84.5 Å². The molecule has 0 spiro atoms. The first kappa shape index (κ1) is 22.6. The first-order valence-corrected chi connectivity index (χ1v) is 12.2. The monoisotopic (exact) mass is 528 g/mol. The highest BCUT2D eigenvalue weighted by molar-refractivity contribution is 7.93. The van der Waals surface area contributed by atoms with Crippen molar-refractivity contribution in [2.24, 2.45) is 0 Å². The minimum atomic E-state index is -3.84. The molecule has 32 heavy (non-hydrogen) atoms. The first-order chi connectivity index (χ1) is 15.2. The number of carbonyl (C=O) groups is 2. The summed E-state index contributed by atoms with van der Waals surface area (Å²) < 4.78 is 27.2. The van der Waals surface area contributed by atoms with E-state index in [1.165, 1.54) is 48.7 Å². The molecule has 164 valence electrons. The summed E-state index contributed by atoms with van der Waals surface area (Å²) in [6.45, 7) is 0. The summed E-state index contributed by atoms with van der Waals surface area (Å²) in [5, 5.41) is 4.73. The van der Waals surface area contributed by atoms with Crippen molar-refractivity contribution in [2.75, 3.05) is 14.9 Å². The Bertz CT molecular complexity index is 1360. The third-order valence-electron chi connectivity index (χ3n) is 4.26. The van der Waals surface area contributed by atoms with Gasteiger partial charge in [0, 0.05) is 22.3 Å². The van der Waals surface area contributed by atoms with E-state index in [0.29, 0.717) is 5.69 Å². The van der Waals surface area contributed by atoms with Crippen molar-refractivity contribution in [1.29, 1.82) is 0 Å². The maximum Gasteiger partial charge on any atom is 0.283 e. The van der Waals surface area contributed by atoms with Crippen LogP contribution in [0.4, 0.5) is 16.5 Å². The molecule has 0 atom stereocenters. The van der Waals surface area contributed by atoms with E-state index in [0.717, 1.165) is 16.2 Å². The Balaban J connectivity index is 1.56. The number of rotatable bonds is 6. The van der Waals surface area contributed by atoms with Gasteiger partial charge in [-0.05, 0) is 42.5 Å². The molecule has 1 aliphatic heterocycles. The molecule has 13 heteroatoms. The number of anilines is 3. The maximum absolute atomic E-state index is 12.9. The average Bonchev–Trinajstić information content (AvgIpc) is 3.33. The molecule has 1 aliphatic rings. The van der Waals surface area contributed by atoms with E-state index in [2.05, 4.69) is 15.0 Å². The Labute approximate surface area is 201 Å². The van der Waals surface area contributed by atoms with E-state index in [-0.39, 0.29) is 36.5 Å². The quantitative estimate of drug-likeness (QED) is 0.449. The number of thiazole rings is 1. The Morgan fingerprint density at radius 2 is 1.69 bits per heavy atom. The lowest BCUT2D eigenvalue weighted by Crippen LogP contribution is -2.32. The summed E-state index contributed by atoms with van der Waals surface area (Å²) >= 11 is 19.3. The van der Waals surface area contributed by atoms with Gasteiger partial charge in [0.2, 0.25) is 0 Å². The molecular weight excluding hydrogens is 519 g/mol. The van der Waals surface area contributed by atoms with Gasteiger partial charge < -0.3 is 5.32 Å². The van der Waals surface area contributed by atoms with Gasteiger partial charge in [-0.3, -0.25) is 14.3 Å². The van der Waals surface area contributed by atoms with E-state index in [1.807, 2.05) is 0 Å². The third kappa shape index (κ3) is 4.32. The Kier molecular flexibility index (Phi) is 6.15. The zero-order chi connectivity index (χ0) is 23.0. The lowest BCUT2D eigenvalue weighted by Gasteiger charge is -2.17. The van der Waals surface area contributed by atoms with Gasteiger partial charge in [-0.1, -0.05) is 34.8 Å². The van der Waals surface area contributed by atoms with Crippen LogP contribution >= 0.6 is 46.1 Å². The molecule has 0 aliphatic carbocycles. The number of halogens is 3. The Morgan fingerprint density at radius 1 is 0.969 bits per heavy atom. The van der Waals surface area contributed by atoms with Crippen molar-refractivity contribution in [3.05, 3.63) is 74.8 Å². The standard InChI is InChI=1S/C19H11Cl3N4O4S2/c20-10-1-6-13(21)14(9-10)26-17(27)15(22)16(18(26)28)24-11-2-4-12(5-3-11)32(29,30)25-19-23-7-8-31-19/h1-9,24H,(H,23,25). The van der Waals surface area contributed by atoms with Crippen molar-refractivity contribution < 1.29 is 18.0 Å². The minimum absolute atomic E-state index is 0.0144. The van der Waals surface area contributed by atoms with Crippen LogP contribution in [0.1, 0.15) is 0 Å². The Morgan fingerprint density at radius 3 is 2.34 bits per heavy atom. The van der Waals surface area contributed by atoms with Crippen LogP contribution in [0.3, 0.4) is 0 Å². The number of nitrogens with one attached hydrogen (secondary N) is 2. The average molecular weight is 530 g/mol. The smallest absolute Gasteiger partial charge is 0.283 e. The fourth-order valence-corrected chi connectivity index (χ4v) is 5.17. The number of hydrogen-bond donors (Lipinski definition) is 2. The molecule has 8 nitrogen and oxygen atoms in total. The summed E-state index contributed by atoms with van der Waals surface area (Å²) in [7, 11) is -3.84. The number of sulfonamides is 1. The molecule has 2 N–H and O–H groups in total. The Hall–Kier alpha value is -2.63. The van der Waals surface area contributed by atoms with E-state index < -0.39 is 21.8 Å². The molecular formula is C19H11Cl3N4O4S2. The van der Waals surface area contributed by atoms with Crippen molar-refractivity contribution in [3.63, 3.8) is 0 Å². The number of imide groups is 1. The van der Waals surface area contributed by atoms with Crippen LogP contribution in [0.25, 0.3) is 0 Å². The summed E-state index contributed by atoms with van der Waals surface area (Å²) in [4.78, 5) is 30.2. The second-order valence-electron chi connectivity index (χ2n) is 6.32. The number of amides is 2. The van der Waals surface area contributed by atoms with Crippen LogP contribution in [-0.4, -0.2) is 25.2 Å². The number of nitrogens with zero attached hydrogens (tertiary/aromatic N) is 2. The molecule has 0 fully saturated rings. The summed E-state index contributed by atoms with van der Waals surface area (Å²) in [5.74, 6) is -1.50. The normalized spacial score (nSPS) is 14.3. The number of aromatic nitrogens is 1. The van der Waals surface area contributed by atoms with E-state index in [1.54, 1.807) is 5.38 Å². The summed E-state index contributed by atoms with van der Waals surface area (Å²) in [5.41, 5.74) is 0.259. The molecule has 2 heterocycles. The lowest BCUT2D eigenvalue weighted by molar-refractivity contribution is -0.120. The highest BCUT2D eigenvalue weighted by Crippen LogP contribution is 2.36. The number of benzene rings is 2. The zero-order valence-corrected chi connectivity index (χ0v) is 19.6. The predicted octanol–water partition coefficient (Wildman–Crippen LogP) is 4.69. The fraction of sp³-hybridized carbons (Fsp3) is 0. The fourth-order valence-electron chi connectivity index (χ4n) is 2.80. The van der Waals surface area contributed by atoms with Gasteiger partial charge in [-0.15, -0.1) is 11.3 Å². The molecule has 2 amide bonds. The molecule has 1 aromatic heterocycles. The molecule has 0 radical (unpaired) electrons. The van der Waals surface area contributed by atoms with Crippen LogP contribution in [-0.2, 0) is 19.6 Å². The van der Waals surface area contributed by atoms with Gasteiger partial charge in [-0.25, -0.2) is 18.3 Å². The van der Waals surface area contributed by atoms with E-state index >= 15 is 0 Å². The molecule has 0 saturated carbocycles. The lowest BCUT2D eigenvalue weighted by atomic mass is 10.3. The van der Waals surface area contributed by atoms with Crippen molar-refractivity contribution in [3.8, 4) is 0 Å². The number of carbonyl (C=O) groups excluding carboxylic acids is 2. The molecule has 0 saturated heterocycles. The zero-order valence-electron chi connectivity index (χ0n) is 15.7. The van der Waals surface area contributed by atoms with Crippen molar-refractivity contribution in [1.82, 2.24) is 4.98 Å². The van der Waals surface area contributed by atoms with Gasteiger partial charge in [0.15, 0.2) is 5.13 Å². The topological polar surface area (TPSA) is 108 Å². The second-order valence-corrected chi connectivity index (χ2v) is 10.1. The van der Waals surface area contributed by atoms with Crippen LogP contribution in [0.15, 0.2) is 69.7 Å². The largest absolute Gasteiger partial charge is 0.350 e. The third-order valence-corrected chi connectivity index (χ3v) is 7.34. The molecule has 3 aromatic rings. The molecule has 2 aromatic carbocycles. The van der Waals surface area contributed by atoms with Crippen LogP contribution in [0.5, 0.6) is 0 Å². The maximum atomic E-state index is 12.9. The van der Waals surface area contributed by atoms with Crippen LogP contribution < -0.4 is 14.9 Å². The highest BCUT2D eigenvalue weighted by Gasteiger charge is 2.40. The molecule has 4 rings (SSSR count). The van der Waals surface area contributed by atoms with Gasteiger partial charge >= 0.3 is 0 Å². The predicted molar refractivity (Wildman–Crippen MR) is 125 cm³/mol. The van der Waals surface area contributed by atoms with Gasteiger partial charge in [0.1, 0.15) is 10.7 Å². The first-order valence-electron chi connectivity index (χ1n) is 8.70. The van der Waals surface area contributed by atoms with Gasteiger partial charge in [-0.2, -0.15) is 0 Å². The van der Waals surface area contributed by atoms with Crippen molar-refractivity contribution in [2.45, 2.75) is 4.90 Å².